The second-order valence-electron chi connectivity index (χ2n) is 9.00. The fourth-order valence-corrected chi connectivity index (χ4v) is 6.22. The summed E-state index contributed by atoms with van der Waals surface area (Å²) in [6.07, 6.45) is 0. The van der Waals surface area contributed by atoms with Crippen LogP contribution in [0.25, 0.3) is 10.9 Å². The molecule has 4 rings (SSSR count). The van der Waals surface area contributed by atoms with Gasteiger partial charge in [0, 0.05) is 16.7 Å². The molecule has 0 spiro atoms. The van der Waals surface area contributed by atoms with Gasteiger partial charge in [-0.05, 0) is 57.2 Å². The number of halogens is 1. The Bertz CT molecular complexity index is 1450. The van der Waals surface area contributed by atoms with Gasteiger partial charge in [0.1, 0.15) is 22.4 Å². The molecule has 0 amide bonds. The Morgan fingerprint density at radius 2 is 1.66 bits per heavy atom. The van der Waals surface area contributed by atoms with Crippen molar-refractivity contribution in [3.63, 3.8) is 0 Å². The fourth-order valence-electron chi connectivity index (χ4n) is 3.84. The predicted molar refractivity (Wildman–Crippen MR) is 137 cm³/mol. The monoisotopic (exact) mass is 514 g/mol. The molecule has 9 heteroatoms. The molecule has 4 aromatic rings. The highest BCUT2D eigenvalue weighted by Gasteiger charge is 2.37. The zero-order chi connectivity index (χ0) is 25.4. The molecule has 0 radical (unpaired) electrons. The number of nitrogens with zero attached hydrogens (tertiary/aromatic N) is 1. The van der Waals surface area contributed by atoms with Crippen LogP contribution in [0, 0.1) is 5.82 Å². The summed E-state index contributed by atoms with van der Waals surface area (Å²) in [5.41, 5.74) is 0.714. The van der Waals surface area contributed by atoms with Crippen LogP contribution >= 0.6 is 0 Å². The maximum absolute atomic E-state index is 15.3. The maximum Gasteiger partial charge on any atom is 0.268 e. The van der Waals surface area contributed by atoms with E-state index in [0.29, 0.717) is 10.9 Å². The minimum atomic E-state index is -4.10. The first-order valence-corrected chi connectivity index (χ1v) is 13.6. The van der Waals surface area contributed by atoms with E-state index >= 15 is 4.39 Å². The lowest BCUT2D eigenvalue weighted by molar-refractivity contribution is 0.399. The minimum Gasteiger partial charge on any atom is -0.598 e. The Morgan fingerprint density at radius 1 is 1.00 bits per heavy atom. The molecule has 1 aromatic heterocycles. The number of fused-ring (bicyclic) bond motifs is 1. The van der Waals surface area contributed by atoms with Crippen LogP contribution in [0.15, 0.2) is 83.8 Å². The number of rotatable bonds is 7. The number of benzene rings is 3. The molecular weight excluding hydrogens is 487 g/mol. The zero-order valence-corrected chi connectivity index (χ0v) is 21.5. The zero-order valence-electron chi connectivity index (χ0n) is 19.9. The summed E-state index contributed by atoms with van der Waals surface area (Å²) in [5, 5.41) is 0.644. The molecule has 0 aliphatic carbocycles. The second kappa shape index (κ2) is 9.66. The number of methoxy groups -OCH3 is 1. The maximum atomic E-state index is 15.3. The molecule has 1 heterocycles. The van der Waals surface area contributed by atoms with Gasteiger partial charge in [-0.15, -0.1) is 4.72 Å². The summed E-state index contributed by atoms with van der Waals surface area (Å²) in [6, 6.07) is 20.0. The molecule has 6 nitrogen and oxygen atoms in total. The van der Waals surface area contributed by atoms with Crippen LogP contribution in [0.3, 0.4) is 0 Å². The third-order valence-corrected chi connectivity index (χ3v) is 8.89. The van der Waals surface area contributed by atoms with Gasteiger partial charge in [-0.25, -0.2) is 16.8 Å². The van der Waals surface area contributed by atoms with Gasteiger partial charge >= 0.3 is 0 Å². The van der Waals surface area contributed by atoms with Gasteiger partial charge in [0.15, 0.2) is 0 Å². The molecule has 1 N–H and O–H groups in total. The molecule has 184 valence electrons. The molecule has 0 aliphatic rings. The lowest BCUT2D eigenvalue weighted by Gasteiger charge is -2.29. The number of ether oxygens (including phenoxy) is 1. The minimum absolute atomic E-state index is 0.0694. The average Bonchev–Trinajstić information content (AvgIpc) is 3.22. The first-order chi connectivity index (χ1) is 16.6. The summed E-state index contributed by atoms with van der Waals surface area (Å²) in [6.45, 7) is 5.34. The molecule has 35 heavy (non-hydrogen) atoms. The molecule has 0 bridgehead atoms. The van der Waals surface area contributed by atoms with E-state index in [1.807, 2.05) is 0 Å². The van der Waals surface area contributed by atoms with Gasteiger partial charge in [0.25, 0.3) is 10.0 Å². The van der Waals surface area contributed by atoms with Gasteiger partial charge in [-0.2, -0.15) is 0 Å². The van der Waals surface area contributed by atoms with E-state index in [-0.39, 0.29) is 21.9 Å². The van der Waals surface area contributed by atoms with Crippen molar-refractivity contribution >= 4 is 32.3 Å². The van der Waals surface area contributed by atoms with Crippen molar-refractivity contribution < 1.29 is 22.1 Å². The standard InChI is InChI=1S/C26H27FN2O4S2/c1-26(2,3)34(30)28-25(24-20(27)14-10-16-23(24)33-4)22-17-18-11-8-9-15-21(18)29(22)35(31,32)19-12-6-5-7-13-19/h5-17,25,28H,1-4H3. The SMILES string of the molecule is COc1cccc(F)c1C(N[S+]([O-])C(C)(C)C)c1cc2ccccc2n1S(=O)(=O)c1ccccc1. The van der Waals surface area contributed by atoms with E-state index < -0.39 is 38.0 Å². The van der Waals surface area contributed by atoms with E-state index in [1.165, 1.54) is 35.3 Å². The Balaban J connectivity index is 2.06. The topological polar surface area (TPSA) is 83.4 Å². The highest BCUT2D eigenvalue weighted by Crippen LogP contribution is 2.38. The third kappa shape index (κ3) is 4.81. The Labute approximate surface area is 208 Å². The van der Waals surface area contributed by atoms with Crippen LogP contribution < -0.4 is 9.46 Å². The van der Waals surface area contributed by atoms with Gasteiger partial charge in [0.05, 0.1) is 28.8 Å². The van der Waals surface area contributed by atoms with Crippen molar-refractivity contribution in [1.82, 2.24) is 8.69 Å². The van der Waals surface area contributed by atoms with Crippen molar-refractivity contribution in [3.8, 4) is 5.75 Å². The number of aromatic nitrogens is 1. The van der Waals surface area contributed by atoms with Crippen LogP contribution in [0.2, 0.25) is 0 Å². The summed E-state index contributed by atoms with van der Waals surface area (Å²) in [5.74, 6) is -0.399. The largest absolute Gasteiger partial charge is 0.598 e. The average molecular weight is 515 g/mol. The Hall–Kier alpha value is -2.85. The molecule has 3 aromatic carbocycles. The van der Waals surface area contributed by atoms with E-state index in [2.05, 4.69) is 4.72 Å². The lowest BCUT2D eigenvalue weighted by Crippen LogP contribution is -2.42. The normalized spacial score (nSPS) is 14.1. The first kappa shape index (κ1) is 25.2. The van der Waals surface area contributed by atoms with E-state index in [0.717, 1.165) is 0 Å². The summed E-state index contributed by atoms with van der Waals surface area (Å²) >= 11 is -1.67. The van der Waals surface area contributed by atoms with Gasteiger partial charge < -0.3 is 9.29 Å². The quantitative estimate of drug-likeness (QED) is 0.344. The molecule has 2 unspecified atom stereocenters. The number of para-hydroxylation sites is 1. The highest BCUT2D eigenvalue weighted by atomic mass is 32.2. The van der Waals surface area contributed by atoms with Crippen molar-refractivity contribution in [2.45, 2.75) is 36.5 Å². The number of hydrogen-bond donors (Lipinski definition) is 1. The van der Waals surface area contributed by atoms with Gasteiger partial charge in [-0.3, -0.25) is 0 Å². The number of hydrogen-bond acceptors (Lipinski definition) is 5. The smallest absolute Gasteiger partial charge is 0.268 e. The van der Waals surface area contributed by atoms with E-state index in [9.17, 15) is 13.0 Å². The Kier molecular flexibility index (Phi) is 6.97. The van der Waals surface area contributed by atoms with Crippen molar-refractivity contribution in [2.75, 3.05) is 7.11 Å². The highest BCUT2D eigenvalue weighted by molar-refractivity contribution is 7.91. The summed E-state index contributed by atoms with van der Waals surface area (Å²) < 4.78 is 65.4. The molecule has 0 aliphatic heterocycles. The summed E-state index contributed by atoms with van der Waals surface area (Å²) in [4.78, 5) is 0.0822. The van der Waals surface area contributed by atoms with Crippen LogP contribution in [-0.2, 0) is 21.4 Å². The van der Waals surface area contributed by atoms with Crippen molar-refractivity contribution in [3.05, 3.63) is 95.9 Å². The molecule has 0 saturated carbocycles. The third-order valence-electron chi connectivity index (χ3n) is 5.57. The van der Waals surface area contributed by atoms with Crippen LogP contribution in [0.5, 0.6) is 5.75 Å². The number of nitrogens with one attached hydrogen (secondary N) is 1. The predicted octanol–water partition coefficient (Wildman–Crippen LogP) is 5.17. The fraction of sp³-hybridized carbons (Fsp3) is 0.231. The molecule has 0 saturated heterocycles. The van der Waals surface area contributed by atoms with Crippen molar-refractivity contribution in [2.24, 2.45) is 0 Å². The second-order valence-corrected chi connectivity index (χ2v) is 12.8. The van der Waals surface area contributed by atoms with E-state index in [1.54, 1.807) is 75.4 Å². The molecular formula is C26H27FN2O4S2. The van der Waals surface area contributed by atoms with Crippen LogP contribution in [0.4, 0.5) is 4.39 Å². The van der Waals surface area contributed by atoms with Crippen LogP contribution in [-0.4, -0.2) is 28.8 Å². The van der Waals surface area contributed by atoms with Crippen molar-refractivity contribution in [1.29, 1.82) is 0 Å². The molecule has 0 fully saturated rings. The molecule has 2 atom stereocenters. The van der Waals surface area contributed by atoms with Gasteiger partial charge in [0.2, 0.25) is 0 Å². The van der Waals surface area contributed by atoms with E-state index in [4.69, 9.17) is 4.74 Å². The first-order valence-electron chi connectivity index (χ1n) is 11.0. The van der Waals surface area contributed by atoms with Gasteiger partial charge in [-0.1, -0.05) is 42.5 Å². The van der Waals surface area contributed by atoms with Crippen LogP contribution in [0.1, 0.15) is 38.1 Å². The lowest BCUT2D eigenvalue weighted by atomic mass is 10.0. The summed E-state index contributed by atoms with van der Waals surface area (Å²) in [7, 11) is -2.69. The Morgan fingerprint density at radius 3 is 2.31 bits per heavy atom.